The Hall–Kier alpha value is -1.25. The van der Waals surface area contributed by atoms with Crippen molar-refractivity contribution in [2.45, 2.75) is 26.3 Å². The minimum absolute atomic E-state index is 0.0272. The molecule has 0 aliphatic carbocycles. The summed E-state index contributed by atoms with van der Waals surface area (Å²) < 4.78 is 0.439. The van der Waals surface area contributed by atoms with Crippen molar-refractivity contribution in [2.75, 3.05) is 0 Å². The van der Waals surface area contributed by atoms with Gasteiger partial charge in [-0.05, 0) is 68.3 Å². The molecular weight excluding hydrogens is 370 g/mol. The van der Waals surface area contributed by atoms with Crippen molar-refractivity contribution in [3.8, 4) is 0 Å². The van der Waals surface area contributed by atoms with E-state index in [-0.39, 0.29) is 20.8 Å². The first-order valence-corrected chi connectivity index (χ1v) is 6.31. The number of nitrogens with zero attached hydrogens (tertiary/aromatic N) is 7. The van der Waals surface area contributed by atoms with E-state index in [1.54, 1.807) is 20.8 Å². The number of hydrogen-bond donors (Lipinski definition) is 0. The highest BCUT2D eigenvalue weighted by Crippen LogP contribution is 2.30. The Morgan fingerprint density at radius 3 is 2.39 bits per heavy atom. The smallest absolute Gasteiger partial charge is 0.380 e. The number of halogens is 2. The molecule has 8 nitrogen and oxygen atoms in total. The van der Waals surface area contributed by atoms with Crippen molar-refractivity contribution >= 4 is 43.5 Å². The zero-order valence-electron chi connectivity index (χ0n) is 9.79. The highest BCUT2D eigenvalue weighted by molar-refractivity contribution is 9.11. The quantitative estimate of drug-likeness (QED) is 0.250. The summed E-state index contributed by atoms with van der Waals surface area (Å²) in [6.07, 6.45) is 0. The first kappa shape index (κ1) is 14.8. The maximum Gasteiger partial charge on any atom is 0.380 e. The summed E-state index contributed by atoms with van der Waals surface area (Å²) in [5, 5.41) is 19.0. The van der Waals surface area contributed by atoms with Gasteiger partial charge in [0.15, 0.2) is 4.60 Å². The van der Waals surface area contributed by atoms with Crippen LogP contribution in [0, 0.1) is 5.21 Å². The number of azo groups is 1. The third-order valence-corrected chi connectivity index (χ3v) is 2.55. The van der Waals surface area contributed by atoms with E-state index in [4.69, 9.17) is 5.53 Å². The van der Waals surface area contributed by atoms with E-state index in [1.807, 2.05) is 0 Å². The summed E-state index contributed by atoms with van der Waals surface area (Å²) in [5.74, 6) is -0.101. The predicted molar refractivity (Wildman–Crippen MR) is 71.7 cm³/mol. The van der Waals surface area contributed by atoms with Gasteiger partial charge in [-0.25, -0.2) is 4.98 Å². The number of azide groups is 1. The van der Waals surface area contributed by atoms with Crippen molar-refractivity contribution in [2.24, 2.45) is 10.2 Å². The number of aromatic nitrogens is 2. The third-order valence-electron chi connectivity index (χ3n) is 1.49. The van der Waals surface area contributed by atoms with Gasteiger partial charge in [-0.3, -0.25) is 0 Å². The van der Waals surface area contributed by atoms with E-state index in [9.17, 15) is 5.21 Å². The van der Waals surface area contributed by atoms with Crippen LogP contribution in [-0.2, 0) is 0 Å². The summed E-state index contributed by atoms with van der Waals surface area (Å²) in [7, 11) is 0. The van der Waals surface area contributed by atoms with Gasteiger partial charge in [0.2, 0.25) is 4.60 Å². The van der Waals surface area contributed by atoms with Crippen LogP contribution >= 0.6 is 31.9 Å². The van der Waals surface area contributed by atoms with E-state index < -0.39 is 5.54 Å². The monoisotopic (exact) mass is 377 g/mol. The van der Waals surface area contributed by atoms with Gasteiger partial charge in [-0.1, -0.05) is 0 Å². The van der Waals surface area contributed by atoms with Gasteiger partial charge in [-0.2, -0.15) is 0 Å². The van der Waals surface area contributed by atoms with Crippen molar-refractivity contribution in [1.82, 2.24) is 9.97 Å². The third kappa shape index (κ3) is 3.90. The van der Waals surface area contributed by atoms with E-state index in [0.29, 0.717) is 4.86 Å². The second-order valence-electron chi connectivity index (χ2n) is 4.19. The lowest BCUT2D eigenvalue weighted by molar-refractivity contribution is -0.454. The predicted octanol–water partition coefficient (Wildman–Crippen LogP) is 4.34. The largest absolute Gasteiger partial charge is 0.691 e. The molecule has 18 heavy (non-hydrogen) atoms. The molecular formula is C8H9Br2N7O. The molecule has 0 fully saturated rings. The zero-order chi connectivity index (χ0) is 13.9. The second kappa shape index (κ2) is 5.59. The van der Waals surface area contributed by atoms with Crippen LogP contribution in [0.3, 0.4) is 0 Å². The fraction of sp³-hybridized carbons (Fsp3) is 0.500. The Bertz CT molecular complexity index is 545. The van der Waals surface area contributed by atoms with Crippen LogP contribution in [0.15, 0.2) is 19.4 Å². The van der Waals surface area contributed by atoms with Gasteiger partial charge in [0, 0.05) is 4.91 Å². The van der Waals surface area contributed by atoms with E-state index in [1.165, 1.54) is 0 Å². The lowest BCUT2D eigenvalue weighted by atomic mass is 10.1. The summed E-state index contributed by atoms with van der Waals surface area (Å²) in [6, 6.07) is 0. The topological polar surface area (TPSA) is 113 Å². The molecule has 96 valence electrons. The molecule has 0 saturated heterocycles. The van der Waals surface area contributed by atoms with Gasteiger partial charge >= 0.3 is 5.82 Å². The molecule has 0 unspecified atom stereocenters. The SMILES string of the molecule is CC(C)(C)/N=[N+](/[O-])c1nc(N=[N+]=[N-])c(Br)nc1Br. The van der Waals surface area contributed by atoms with Crippen molar-refractivity contribution in [3.63, 3.8) is 0 Å². The first-order valence-electron chi connectivity index (χ1n) is 4.73. The summed E-state index contributed by atoms with van der Waals surface area (Å²) in [5.41, 5.74) is 7.81. The molecule has 0 aliphatic heterocycles. The van der Waals surface area contributed by atoms with Gasteiger partial charge in [0.25, 0.3) is 5.82 Å². The van der Waals surface area contributed by atoms with E-state index in [0.717, 1.165) is 0 Å². The molecule has 0 spiro atoms. The van der Waals surface area contributed by atoms with Crippen LogP contribution in [0.2, 0.25) is 0 Å². The molecule has 1 heterocycles. The van der Waals surface area contributed by atoms with Crippen LogP contribution < -0.4 is 0 Å². The molecule has 1 aromatic heterocycles. The maximum atomic E-state index is 11.8. The van der Waals surface area contributed by atoms with Gasteiger partial charge in [0.1, 0.15) is 0 Å². The molecule has 0 atom stereocenters. The fourth-order valence-electron chi connectivity index (χ4n) is 0.926. The lowest BCUT2D eigenvalue weighted by Gasteiger charge is -2.13. The molecule has 1 aromatic rings. The Morgan fingerprint density at radius 2 is 1.89 bits per heavy atom. The number of rotatable bonds is 2. The first-order chi connectivity index (χ1) is 8.24. The second-order valence-corrected chi connectivity index (χ2v) is 5.69. The maximum absolute atomic E-state index is 11.8. The highest BCUT2D eigenvalue weighted by Gasteiger charge is 2.21. The summed E-state index contributed by atoms with van der Waals surface area (Å²) in [6.45, 7) is 5.31. The zero-order valence-corrected chi connectivity index (χ0v) is 13.0. The average molecular weight is 379 g/mol. The Balaban J connectivity index is 3.37. The van der Waals surface area contributed by atoms with Crippen molar-refractivity contribution in [3.05, 3.63) is 24.9 Å². The van der Waals surface area contributed by atoms with Gasteiger partial charge in [-0.15, -0.1) is 9.97 Å². The summed E-state index contributed by atoms with van der Waals surface area (Å²) in [4.78, 5) is 10.8. The van der Waals surface area contributed by atoms with Crippen LogP contribution in [0.1, 0.15) is 20.8 Å². The minimum atomic E-state index is -0.561. The molecule has 0 radical (unpaired) electrons. The molecule has 0 saturated carbocycles. The molecule has 0 aliphatic rings. The van der Waals surface area contributed by atoms with E-state index in [2.05, 4.69) is 57.0 Å². The Labute approximate surface area is 120 Å². The minimum Gasteiger partial charge on any atom is -0.691 e. The Kier molecular flexibility index (Phi) is 4.60. The van der Waals surface area contributed by atoms with Crippen molar-refractivity contribution < 1.29 is 4.86 Å². The average Bonchev–Trinajstić information content (AvgIpc) is 2.19. The van der Waals surface area contributed by atoms with Crippen LogP contribution in [0.25, 0.3) is 10.4 Å². The Morgan fingerprint density at radius 1 is 1.28 bits per heavy atom. The van der Waals surface area contributed by atoms with Gasteiger partial charge < -0.3 is 5.21 Å². The highest BCUT2D eigenvalue weighted by atomic mass is 79.9. The van der Waals surface area contributed by atoms with Gasteiger partial charge in [0.05, 0.1) is 5.54 Å². The number of hydrogen-bond acceptors (Lipinski definition) is 5. The molecule has 0 N–H and O–H groups in total. The normalized spacial score (nSPS) is 12.2. The molecule has 0 amide bonds. The molecule has 1 rings (SSSR count). The molecule has 10 heteroatoms. The summed E-state index contributed by atoms with van der Waals surface area (Å²) >= 11 is 6.17. The molecule has 0 aromatic carbocycles. The van der Waals surface area contributed by atoms with Crippen LogP contribution in [-0.4, -0.2) is 20.4 Å². The van der Waals surface area contributed by atoms with Crippen molar-refractivity contribution in [1.29, 1.82) is 0 Å². The molecule has 0 bridgehead atoms. The van der Waals surface area contributed by atoms with Crippen LogP contribution in [0.5, 0.6) is 0 Å². The van der Waals surface area contributed by atoms with E-state index >= 15 is 0 Å². The fourth-order valence-corrected chi connectivity index (χ4v) is 1.93. The standard InChI is InChI=1S/C8H9Br2N7O/c1-8(2,3)15-17(18)7-5(10)12-4(9)6(13-7)14-16-11/h1-3H3/b17-15+. The van der Waals surface area contributed by atoms with Crippen LogP contribution in [0.4, 0.5) is 11.6 Å². The lowest BCUT2D eigenvalue weighted by Crippen LogP contribution is -2.13.